The maximum atomic E-state index is 10.9. The van der Waals surface area contributed by atoms with Crippen LogP contribution in [0.3, 0.4) is 0 Å². The molecule has 2 atom stereocenters. The minimum atomic E-state index is -4.26. The van der Waals surface area contributed by atoms with Gasteiger partial charge in [0.2, 0.25) is 0 Å². The third-order valence-electron chi connectivity index (χ3n) is 2.38. The largest absolute Gasteiger partial charge is 1.00 e. The van der Waals surface area contributed by atoms with Gasteiger partial charge in [-0.1, -0.05) is 31.2 Å². The van der Waals surface area contributed by atoms with E-state index in [-0.39, 0.29) is 74.8 Å². The molecule has 0 spiro atoms. The van der Waals surface area contributed by atoms with Crippen LogP contribution in [0, 0.1) is 5.92 Å². The van der Waals surface area contributed by atoms with E-state index in [1.54, 1.807) is 25.2 Å². The number of allylic oxidation sites excluding steroid dienone is 3. The molecular formula is C8H11CsO3S. The van der Waals surface area contributed by atoms with Gasteiger partial charge in [0.25, 0.3) is 0 Å². The van der Waals surface area contributed by atoms with E-state index in [1.807, 2.05) is 0 Å². The number of hydrogen-bond acceptors (Lipinski definition) is 3. The van der Waals surface area contributed by atoms with Crippen molar-refractivity contribution >= 4 is 10.1 Å². The predicted molar refractivity (Wildman–Crippen MR) is 45.5 cm³/mol. The van der Waals surface area contributed by atoms with Gasteiger partial charge in [-0.2, -0.15) is 0 Å². The van der Waals surface area contributed by atoms with Gasteiger partial charge in [-0.25, -0.2) is 8.42 Å². The average molecular weight is 320 g/mol. The van der Waals surface area contributed by atoms with Crippen molar-refractivity contribution in [2.24, 2.45) is 5.92 Å². The van der Waals surface area contributed by atoms with Crippen LogP contribution >= 0.6 is 0 Å². The number of rotatable bonds is 1. The fraction of sp³-hybridized carbons (Fsp3) is 0.500. The Morgan fingerprint density at radius 1 is 1.38 bits per heavy atom. The topological polar surface area (TPSA) is 57.2 Å². The molecule has 0 aromatic heterocycles. The molecule has 0 saturated carbocycles. The van der Waals surface area contributed by atoms with Crippen LogP contribution in [0.5, 0.6) is 0 Å². The molecule has 3 nitrogen and oxygen atoms in total. The van der Waals surface area contributed by atoms with Crippen LogP contribution in [-0.2, 0) is 10.1 Å². The van der Waals surface area contributed by atoms with Gasteiger partial charge >= 0.3 is 68.9 Å². The van der Waals surface area contributed by atoms with E-state index < -0.39 is 14.9 Å². The van der Waals surface area contributed by atoms with E-state index in [2.05, 4.69) is 0 Å². The van der Waals surface area contributed by atoms with Gasteiger partial charge in [-0.3, -0.25) is 0 Å². The quantitative estimate of drug-likeness (QED) is 0.528. The first kappa shape index (κ1) is 14.4. The summed E-state index contributed by atoms with van der Waals surface area (Å²) in [6.07, 6.45) is 6.50. The zero-order valence-electron chi connectivity index (χ0n) is 8.02. The van der Waals surface area contributed by atoms with Crippen LogP contribution in [0.15, 0.2) is 24.3 Å². The summed E-state index contributed by atoms with van der Waals surface area (Å²) in [5.41, 5.74) is 0. The zero-order valence-corrected chi connectivity index (χ0v) is 15.1. The van der Waals surface area contributed by atoms with Crippen molar-refractivity contribution in [2.45, 2.75) is 18.6 Å². The van der Waals surface area contributed by atoms with E-state index in [1.165, 1.54) is 13.0 Å². The van der Waals surface area contributed by atoms with Crippen molar-refractivity contribution in [3.05, 3.63) is 24.3 Å². The normalized spacial score (nSPS) is 32.7. The van der Waals surface area contributed by atoms with Crippen LogP contribution in [0.1, 0.15) is 13.8 Å². The van der Waals surface area contributed by atoms with Crippen molar-refractivity contribution in [3.8, 4) is 0 Å². The second kappa shape index (κ2) is 4.98. The van der Waals surface area contributed by atoms with Gasteiger partial charge in [0.15, 0.2) is 0 Å². The molecule has 1 rings (SSSR count). The van der Waals surface area contributed by atoms with Crippen molar-refractivity contribution in [3.63, 3.8) is 0 Å². The molecule has 0 N–H and O–H groups in total. The van der Waals surface area contributed by atoms with E-state index in [0.717, 1.165) is 0 Å². The molecule has 0 aliphatic heterocycles. The van der Waals surface area contributed by atoms with Crippen molar-refractivity contribution in [2.75, 3.05) is 0 Å². The molecule has 13 heavy (non-hydrogen) atoms. The monoisotopic (exact) mass is 320 g/mol. The molecule has 0 fully saturated rings. The van der Waals surface area contributed by atoms with Gasteiger partial charge in [-0.05, 0) is 12.8 Å². The van der Waals surface area contributed by atoms with E-state index in [4.69, 9.17) is 0 Å². The SMILES string of the molecule is CC1C=CC=CC1(C)S(=O)(=O)[O-].[Cs+]. The maximum Gasteiger partial charge on any atom is 1.00 e. The van der Waals surface area contributed by atoms with Crippen molar-refractivity contribution < 1.29 is 81.9 Å². The molecule has 5 heteroatoms. The summed E-state index contributed by atoms with van der Waals surface area (Å²) in [7, 11) is -4.26. The molecule has 0 amide bonds. The van der Waals surface area contributed by atoms with E-state index in [9.17, 15) is 13.0 Å². The Morgan fingerprint density at radius 3 is 2.23 bits per heavy atom. The Morgan fingerprint density at radius 2 is 1.92 bits per heavy atom. The molecule has 1 aliphatic carbocycles. The first-order valence-electron chi connectivity index (χ1n) is 3.69. The summed E-state index contributed by atoms with van der Waals surface area (Å²) in [6.45, 7) is 3.16. The summed E-state index contributed by atoms with van der Waals surface area (Å²) >= 11 is 0. The maximum absolute atomic E-state index is 10.9. The van der Waals surface area contributed by atoms with Crippen molar-refractivity contribution in [1.29, 1.82) is 0 Å². The van der Waals surface area contributed by atoms with E-state index >= 15 is 0 Å². The van der Waals surface area contributed by atoms with Crippen LogP contribution in [0.25, 0.3) is 0 Å². The van der Waals surface area contributed by atoms with Gasteiger partial charge in [0, 0.05) is 0 Å². The van der Waals surface area contributed by atoms with Crippen LogP contribution in [0.2, 0.25) is 0 Å². The second-order valence-electron chi connectivity index (χ2n) is 3.17. The molecule has 2 unspecified atom stereocenters. The van der Waals surface area contributed by atoms with Crippen molar-refractivity contribution in [1.82, 2.24) is 0 Å². The Bertz CT molecular complexity index is 331. The molecule has 0 bridgehead atoms. The Labute approximate surface area is 138 Å². The van der Waals surface area contributed by atoms with Gasteiger partial charge in [0.1, 0.15) is 10.1 Å². The molecule has 68 valence electrons. The third-order valence-corrected chi connectivity index (χ3v) is 3.97. The third kappa shape index (κ3) is 2.95. The smallest absolute Gasteiger partial charge is 0.747 e. The average Bonchev–Trinajstić information content (AvgIpc) is 1.93. The summed E-state index contributed by atoms with van der Waals surface area (Å²) in [6, 6.07) is 0. The first-order valence-corrected chi connectivity index (χ1v) is 5.10. The molecule has 0 heterocycles. The van der Waals surface area contributed by atoms with Gasteiger partial charge in [-0.15, -0.1) is 0 Å². The molecule has 0 aromatic rings. The fourth-order valence-electron chi connectivity index (χ4n) is 1.13. The first-order chi connectivity index (χ1) is 5.38. The fourth-order valence-corrected chi connectivity index (χ4v) is 1.91. The minimum absolute atomic E-state index is 0. The Balaban J connectivity index is 0.00000144. The Kier molecular flexibility index (Phi) is 5.53. The predicted octanol–water partition coefficient (Wildman–Crippen LogP) is -1.94. The van der Waals surface area contributed by atoms with Crippen LogP contribution < -0.4 is 68.9 Å². The molecule has 0 radical (unpaired) electrons. The Hall–Kier alpha value is 1.44. The number of hydrogen-bond donors (Lipinski definition) is 0. The van der Waals surface area contributed by atoms with Crippen LogP contribution in [0.4, 0.5) is 0 Å². The summed E-state index contributed by atoms with van der Waals surface area (Å²) in [5, 5.41) is 0. The molecule has 0 aromatic carbocycles. The van der Waals surface area contributed by atoms with E-state index in [0.29, 0.717) is 0 Å². The standard InChI is InChI=1S/C8H12O3S.Cs/c1-7-5-3-4-6-8(7,2)12(9,10)11;/h3-7H,1-2H3,(H,9,10,11);/q;+1/p-1. The zero-order chi connectivity index (χ0) is 9.41. The molecule has 0 saturated heterocycles. The minimum Gasteiger partial charge on any atom is -0.747 e. The summed E-state index contributed by atoms with van der Waals surface area (Å²) < 4.78 is 31.4. The summed E-state index contributed by atoms with van der Waals surface area (Å²) in [4.78, 5) is 0. The molecule has 1 aliphatic rings. The van der Waals surface area contributed by atoms with Gasteiger partial charge in [0.05, 0.1) is 4.75 Å². The van der Waals surface area contributed by atoms with Crippen LogP contribution in [-0.4, -0.2) is 17.7 Å². The molecular weight excluding hydrogens is 309 g/mol. The second-order valence-corrected chi connectivity index (χ2v) is 4.96. The van der Waals surface area contributed by atoms with Gasteiger partial charge < -0.3 is 4.55 Å². The summed E-state index contributed by atoms with van der Waals surface area (Å²) in [5.74, 6) is -0.259.